The van der Waals surface area contributed by atoms with Gasteiger partial charge in [-0.1, -0.05) is 24.3 Å². The molecule has 2 aliphatic heterocycles. The number of aromatic nitrogens is 1. The monoisotopic (exact) mass is 280 g/mol. The highest BCUT2D eigenvalue weighted by atomic mass is 16.5. The van der Waals surface area contributed by atoms with E-state index in [1.54, 1.807) is 0 Å². The van der Waals surface area contributed by atoms with Crippen LogP contribution in [0.25, 0.3) is 0 Å². The molecule has 0 saturated carbocycles. The number of ether oxygens (including phenoxy) is 1. The van der Waals surface area contributed by atoms with Gasteiger partial charge in [-0.15, -0.1) is 0 Å². The zero-order chi connectivity index (χ0) is 14.3. The second-order valence-electron chi connectivity index (χ2n) is 6.21. The Bertz CT molecular complexity index is 670. The van der Waals surface area contributed by atoms with E-state index in [2.05, 4.69) is 46.3 Å². The van der Waals surface area contributed by atoms with Crippen molar-refractivity contribution in [3.05, 3.63) is 65.0 Å². The Labute approximate surface area is 125 Å². The van der Waals surface area contributed by atoms with E-state index in [0.29, 0.717) is 0 Å². The van der Waals surface area contributed by atoms with Crippen LogP contribution in [0.3, 0.4) is 0 Å². The van der Waals surface area contributed by atoms with Crippen LogP contribution in [0.4, 0.5) is 0 Å². The summed E-state index contributed by atoms with van der Waals surface area (Å²) in [4.78, 5) is 6.77. The molecule has 4 rings (SSSR count). The predicted octanol–water partition coefficient (Wildman–Crippen LogP) is 3.02. The predicted molar refractivity (Wildman–Crippen MR) is 81.8 cm³/mol. The molecule has 3 heteroatoms. The molecule has 0 amide bonds. The molecule has 0 aliphatic carbocycles. The molecule has 2 aliphatic rings. The zero-order valence-corrected chi connectivity index (χ0v) is 12.4. The van der Waals surface area contributed by atoms with E-state index in [1.807, 2.05) is 13.1 Å². The van der Waals surface area contributed by atoms with Gasteiger partial charge in [0.1, 0.15) is 5.60 Å². The Kier molecular flexibility index (Phi) is 3.05. The average Bonchev–Trinajstić information content (AvgIpc) is 3.06. The SMILES string of the molecule is Cc1cc(CN2CCC3(C2)OCc2ccccc23)ccn1. The summed E-state index contributed by atoms with van der Waals surface area (Å²) in [6.45, 7) is 5.88. The van der Waals surface area contributed by atoms with E-state index < -0.39 is 0 Å². The van der Waals surface area contributed by atoms with Gasteiger partial charge in [0.15, 0.2) is 0 Å². The van der Waals surface area contributed by atoms with Gasteiger partial charge in [-0.25, -0.2) is 0 Å². The van der Waals surface area contributed by atoms with Crippen molar-refractivity contribution >= 4 is 0 Å². The Balaban J connectivity index is 1.53. The largest absolute Gasteiger partial charge is 0.364 e. The smallest absolute Gasteiger partial charge is 0.108 e. The first kappa shape index (κ1) is 13.0. The molecule has 1 fully saturated rings. The Hall–Kier alpha value is -1.71. The van der Waals surface area contributed by atoms with Crippen molar-refractivity contribution in [3.8, 4) is 0 Å². The van der Waals surface area contributed by atoms with Crippen molar-refractivity contribution in [2.24, 2.45) is 0 Å². The number of benzene rings is 1. The van der Waals surface area contributed by atoms with Crippen molar-refractivity contribution in [3.63, 3.8) is 0 Å². The topological polar surface area (TPSA) is 25.4 Å². The summed E-state index contributed by atoms with van der Waals surface area (Å²) in [5.41, 5.74) is 5.12. The lowest BCUT2D eigenvalue weighted by atomic mass is 9.92. The fourth-order valence-corrected chi connectivity index (χ4v) is 3.68. The summed E-state index contributed by atoms with van der Waals surface area (Å²) in [6, 6.07) is 13.0. The van der Waals surface area contributed by atoms with Gasteiger partial charge in [0.2, 0.25) is 0 Å². The number of hydrogen-bond donors (Lipinski definition) is 0. The molecule has 21 heavy (non-hydrogen) atoms. The maximum absolute atomic E-state index is 6.21. The quantitative estimate of drug-likeness (QED) is 0.845. The van der Waals surface area contributed by atoms with Crippen molar-refractivity contribution in [1.29, 1.82) is 0 Å². The molecular formula is C18H20N2O. The summed E-state index contributed by atoms with van der Waals surface area (Å²) in [6.07, 6.45) is 2.99. The van der Waals surface area contributed by atoms with Crippen LogP contribution in [0.5, 0.6) is 0 Å². The van der Waals surface area contributed by atoms with Gasteiger partial charge in [-0.3, -0.25) is 9.88 Å². The Morgan fingerprint density at radius 3 is 3.10 bits per heavy atom. The lowest BCUT2D eigenvalue weighted by Gasteiger charge is -2.25. The molecule has 3 nitrogen and oxygen atoms in total. The van der Waals surface area contributed by atoms with Gasteiger partial charge < -0.3 is 4.74 Å². The van der Waals surface area contributed by atoms with Gasteiger partial charge in [-0.05, 0) is 42.2 Å². The number of rotatable bonds is 2. The molecule has 0 bridgehead atoms. The van der Waals surface area contributed by atoms with Gasteiger partial charge in [0.05, 0.1) is 6.61 Å². The number of nitrogens with zero attached hydrogens (tertiary/aromatic N) is 2. The third-order valence-corrected chi connectivity index (χ3v) is 4.69. The molecule has 0 radical (unpaired) electrons. The molecule has 1 aromatic carbocycles. The Morgan fingerprint density at radius 2 is 2.19 bits per heavy atom. The normalized spacial score (nSPS) is 24.6. The van der Waals surface area contributed by atoms with Crippen LogP contribution in [-0.2, 0) is 23.5 Å². The van der Waals surface area contributed by atoms with E-state index in [-0.39, 0.29) is 5.60 Å². The maximum atomic E-state index is 6.21. The van der Waals surface area contributed by atoms with Crippen LogP contribution in [-0.4, -0.2) is 23.0 Å². The first-order valence-electron chi connectivity index (χ1n) is 7.61. The van der Waals surface area contributed by atoms with Crippen molar-refractivity contribution < 1.29 is 4.74 Å². The maximum Gasteiger partial charge on any atom is 0.108 e. The van der Waals surface area contributed by atoms with Gasteiger partial charge in [0.25, 0.3) is 0 Å². The highest BCUT2D eigenvalue weighted by Gasteiger charge is 2.45. The highest BCUT2D eigenvalue weighted by Crippen LogP contribution is 2.43. The molecule has 1 saturated heterocycles. The lowest BCUT2D eigenvalue weighted by molar-refractivity contribution is -0.0299. The van der Waals surface area contributed by atoms with Crippen LogP contribution < -0.4 is 0 Å². The molecule has 1 unspecified atom stereocenters. The number of pyridine rings is 1. The van der Waals surface area contributed by atoms with Gasteiger partial charge in [-0.2, -0.15) is 0 Å². The fourth-order valence-electron chi connectivity index (χ4n) is 3.68. The molecule has 1 atom stereocenters. The molecule has 2 aromatic rings. The molecule has 3 heterocycles. The summed E-state index contributed by atoms with van der Waals surface area (Å²) in [5.74, 6) is 0. The molecule has 0 N–H and O–H groups in total. The first-order valence-corrected chi connectivity index (χ1v) is 7.61. The number of hydrogen-bond acceptors (Lipinski definition) is 3. The number of likely N-dealkylation sites (tertiary alicyclic amines) is 1. The summed E-state index contributed by atoms with van der Waals surface area (Å²) >= 11 is 0. The number of aryl methyl sites for hydroxylation is 1. The minimum absolute atomic E-state index is 0.0708. The molecular weight excluding hydrogens is 260 g/mol. The van der Waals surface area contributed by atoms with E-state index in [1.165, 1.54) is 16.7 Å². The number of fused-ring (bicyclic) bond motifs is 2. The summed E-state index contributed by atoms with van der Waals surface area (Å²) in [7, 11) is 0. The molecule has 108 valence electrons. The second kappa shape index (κ2) is 4.93. The van der Waals surface area contributed by atoms with Crippen molar-refractivity contribution in [2.75, 3.05) is 13.1 Å². The van der Waals surface area contributed by atoms with E-state index in [0.717, 1.165) is 38.4 Å². The van der Waals surface area contributed by atoms with E-state index >= 15 is 0 Å². The minimum Gasteiger partial charge on any atom is -0.364 e. The van der Waals surface area contributed by atoms with Crippen molar-refractivity contribution in [1.82, 2.24) is 9.88 Å². The van der Waals surface area contributed by atoms with Crippen LogP contribution in [0.15, 0.2) is 42.6 Å². The molecule has 1 spiro atoms. The lowest BCUT2D eigenvalue weighted by Crippen LogP contribution is -2.30. The van der Waals surface area contributed by atoms with Crippen LogP contribution in [0.1, 0.15) is 28.8 Å². The third kappa shape index (κ3) is 2.27. The Morgan fingerprint density at radius 1 is 1.29 bits per heavy atom. The fraction of sp³-hybridized carbons (Fsp3) is 0.389. The summed E-state index contributed by atoms with van der Waals surface area (Å²) in [5, 5.41) is 0. The van der Waals surface area contributed by atoms with Crippen LogP contribution in [0.2, 0.25) is 0 Å². The van der Waals surface area contributed by atoms with E-state index in [9.17, 15) is 0 Å². The average molecular weight is 280 g/mol. The van der Waals surface area contributed by atoms with Crippen LogP contribution >= 0.6 is 0 Å². The van der Waals surface area contributed by atoms with Crippen LogP contribution in [0, 0.1) is 6.92 Å². The minimum atomic E-state index is -0.0708. The standard InChI is InChI=1S/C18H20N2O/c1-14-10-15(6-8-19-14)11-20-9-7-18(13-20)17-5-3-2-4-16(17)12-21-18/h2-6,8,10H,7,9,11-13H2,1H3. The van der Waals surface area contributed by atoms with E-state index in [4.69, 9.17) is 4.74 Å². The van der Waals surface area contributed by atoms with Crippen molar-refractivity contribution in [2.45, 2.75) is 32.1 Å². The second-order valence-corrected chi connectivity index (χ2v) is 6.21. The summed E-state index contributed by atoms with van der Waals surface area (Å²) < 4.78 is 6.21. The third-order valence-electron chi connectivity index (χ3n) is 4.69. The first-order chi connectivity index (χ1) is 10.3. The zero-order valence-electron chi connectivity index (χ0n) is 12.4. The molecule has 1 aromatic heterocycles. The highest BCUT2D eigenvalue weighted by molar-refractivity contribution is 5.36. The van der Waals surface area contributed by atoms with Gasteiger partial charge >= 0.3 is 0 Å². The van der Waals surface area contributed by atoms with Gasteiger partial charge in [0, 0.05) is 31.5 Å².